The minimum Gasteiger partial charge on any atom is -0.512 e. The van der Waals surface area contributed by atoms with Gasteiger partial charge in [0, 0.05) is 42.4 Å². The van der Waals surface area contributed by atoms with Gasteiger partial charge in [0.2, 0.25) is 0 Å². The molecule has 6 aromatic rings. The van der Waals surface area contributed by atoms with E-state index in [-0.39, 0.29) is 11.5 Å². The van der Waals surface area contributed by atoms with E-state index in [1.165, 1.54) is 39.5 Å². The van der Waals surface area contributed by atoms with Gasteiger partial charge in [-0.05, 0) is 109 Å². The molecule has 0 saturated carbocycles. The number of rotatable bonds is 17. The number of aliphatic hydroxyl groups is 1. The third-order valence-corrected chi connectivity index (χ3v) is 9.35. The summed E-state index contributed by atoms with van der Waals surface area (Å²) in [6, 6.07) is 46.6. The number of nitrogens with zero attached hydrogens (tertiary/aromatic N) is 2. The van der Waals surface area contributed by atoms with Gasteiger partial charge in [-0.25, -0.2) is 0 Å². The zero-order chi connectivity index (χ0) is 35.1. The lowest BCUT2D eigenvalue weighted by atomic mass is 10.00. The number of aliphatic hydroxyl groups excluding tert-OH is 1. The second kappa shape index (κ2) is 18.4. The minimum atomic E-state index is -0.00853. The van der Waals surface area contributed by atoms with Crippen molar-refractivity contribution in [1.29, 1.82) is 0 Å². The van der Waals surface area contributed by atoms with E-state index in [1.807, 2.05) is 48.8 Å². The second-order valence-electron chi connectivity index (χ2n) is 13.3. The minimum absolute atomic E-state index is 0.00853. The smallest absolute Gasteiger partial charge is 0.159 e. The zero-order valence-corrected chi connectivity index (χ0v) is 29.3. The van der Waals surface area contributed by atoms with Gasteiger partial charge in [0.1, 0.15) is 0 Å². The Morgan fingerprint density at radius 2 is 0.863 bits per heavy atom. The number of benzene rings is 4. The summed E-state index contributed by atoms with van der Waals surface area (Å²) >= 11 is 0. The largest absolute Gasteiger partial charge is 0.512 e. The van der Waals surface area contributed by atoms with Crippen molar-refractivity contribution in [3.63, 3.8) is 0 Å². The fourth-order valence-electron chi connectivity index (χ4n) is 6.39. The lowest BCUT2D eigenvalue weighted by Gasteiger charge is -2.07. The van der Waals surface area contributed by atoms with Crippen LogP contribution in [0.5, 0.6) is 0 Å². The molecule has 4 aromatic carbocycles. The second-order valence-corrected chi connectivity index (χ2v) is 13.3. The molecule has 0 amide bonds. The van der Waals surface area contributed by atoms with Gasteiger partial charge in [-0.3, -0.25) is 14.8 Å². The van der Waals surface area contributed by atoms with Crippen molar-refractivity contribution >= 4 is 5.78 Å². The summed E-state index contributed by atoms with van der Waals surface area (Å²) in [5.74, 6) is 0.170. The molecule has 0 fully saturated rings. The highest BCUT2D eigenvalue weighted by molar-refractivity contribution is 5.89. The van der Waals surface area contributed by atoms with Crippen molar-refractivity contribution in [2.24, 2.45) is 0 Å². The van der Waals surface area contributed by atoms with Gasteiger partial charge in [0.15, 0.2) is 5.78 Å². The van der Waals surface area contributed by atoms with Crippen molar-refractivity contribution in [2.75, 3.05) is 0 Å². The topological polar surface area (TPSA) is 63.1 Å². The Morgan fingerprint density at radius 3 is 1.31 bits per heavy atom. The van der Waals surface area contributed by atoms with Crippen LogP contribution in [0.3, 0.4) is 0 Å². The molecule has 6 rings (SSSR count). The van der Waals surface area contributed by atoms with E-state index in [0.29, 0.717) is 12.8 Å². The summed E-state index contributed by atoms with van der Waals surface area (Å²) in [5.41, 5.74) is 11.9. The third-order valence-electron chi connectivity index (χ3n) is 9.35. The summed E-state index contributed by atoms with van der Waals surface area (Å²) in [6.07, 6.45) is 13.3. The SMILES string of the molecule is O=C(C=C(O)CCCc1ccc(CCc2ccnc(-c3ccccc3)c2)cc1)CCCc1ccc(CCc2ccnc(-c3ccccc3)c2)cc1. The maximum Gasteiger partial charge on any atom is 0.159 e. The number of hydrogen-bond donors (Lipinski definition) is 1. The highest BCUT2D eigenvalue weighted by Gasteiger charge is 2.06. The Labute approximate surface area is 302 Å². The van der Waals surface area contributed by atoms with E-state index < -0.39 is 0 Å². The molecule has 0 atom stereocenters. The molecule has 256 valence electrons. The maximum atomic E-state index is 12.5. The maximum absolute atomic E-state index is 12.5. The average molecular weight is 671 g/mol. The molecule has 0 saturated heterocycles. The molecule has 0 aliphatic rings. The molecule has 4 heteroatoms. The molecular weight excluding hydrogens is 625 g/mol. The third kappa shape index (κ3) is 11.2. The number of allylic oxidation sites excluding steroid dienone is 2. The molecule has 2 aromatic heterocycles. The van der Waals surface area contributed by atoms with Gasteiger partial charge in [-0.1, -0.05) is 109 Å². The van der Waals surface area contributed by atoms with Crippen molar-refractivity contribution in [3.8, 4) is 22.5 Å². The predicted octanol–water partition coefficient (Wildman–Crippen LogP) is 10.7. The molecule has 0 radical (unpaired) electrons. The molecule has 51 heavy (non-hydrogen) atoms. The van der Waals surface area contributed by atoms with Crippen LogP contribution < -0.4 is 0 Å². The molecule has 4 nitrogen and oxygen atoms in total. The van der Waals surface area contributed by atoms with Gasteiger partial charge in [0.05, 0.1) is 17.1 Å². The number of aryl methyl sites for hydroxylation is 6. The highest BCUT2D eigenvalue weighted by atomic mass is 16.3. The van der Waals surface area contributed by atoms with Gasteiger partial charge < -0.3 is 5.11 Å². The number of carbonyl (C=O) groups excluding carboxylic acids is 1. The first-order valence-corrected chi connectivity index (χ1v) is 18.2. The first kappa shape index (κ1) is 35.2. The van der Waals surface area contributed by atoms with E-state index in [2.05, 4.69) is 107 Å². The Bertz CT molecular complexity index is 2000. The summed E-state index contributed by atoms with van der Waals surface area (Å²) < 4.78 is 0. The van der Waals surface area contributed by atoms with Gasteiger partial charge >= 0.3 is 0 Å². The van der Waals surface area contributed by atoms with Crippen molar-refractivity contribution < 1.29 is 9.90 Å². The number of hydrogen-bond acceptors (Lipinski definition) is 4. The number of pyridine rings is 2. The molecule has 0 aliphatic carbocycles. The van der Waals surface area contributed by atoms with E-state index in [0.717, 1.165) is 73.9 Å². The Balaban J connectivity index is 0.862. The molecule has 0 unspecified atom stereocenters. The average Bonchev–Trinajstić information content (AvgIpc) is 3.18. The quantitative estimate of drug-likeness (QED) is 0.0775. The summed E-state index contributed by atoms with van der Waals surface area (Å²) in [6.45, 7) is 0. The monoisotopic (exact) mass is 670 g/mol. The lowest BCUT2D eigenvalue weighted by molar-refractivity contribution is -0.114. The van der Waals surface area contributed by atoms with E-state index in [1.54, 1.807) is 0 Å². The number of aromatic nitrogens is 2. The van der Waals surface area contributed by atoms with Gasteiger partial charge in [0.25, 0.3) is 0 Å². The van der Waals surface area contributed by atoms with Crippen LogP contribution in [0.2, 0.25) is 0 Å². The van der Waals surface area contributed by atoms with Crippen molar-refractivity contribution in [2.45, 2.75) is 64.2 Å². The lowest BCUT2D eigenvalue weighted by Crippen LogP contribution is -1.98. The zero-order valence-electron chi connectivity index (χ0n) is 29.3. The standard InChI is InChI=1S/C47H46N2O2/c50-44(15-7-9-36-17-21-38(22-18-36)25-27-40-29-31-48-46(33-40)42-11-3-1-4-12-42)35-45(51)16-8-10-37-19-23-39(24-20-37)26-28-41-30-32-49-47(34-41)43-13-5-2-6-14-43/h1-6,11-14,17-24,29-35,50H,7-10,15-16,25-28H2. The van der Waals surface area contributed by atoms with Crippen LogP contribution in [-0.4, -0.2) is 20.9 Å². The van der Waals surface area contributed by atoms with Gasteiger partial charge in [-0.2, -0.15) is 0 Å². The Hall–Kier alpha value is -5.61. The van der Waals surface area contributed by atoms with Crippen molar-refractivity contribution in [1.82, 2.24) is 9.97 Å². The predicted molar refractivity (Wildman–Crippen MR) is 209 cm³/mol. The summed E-state index contributed by atoms with van der Waals surface area (Å²) in [4.78, 5) is 21.6. The highest BCUT2D eigenvalue weighted by Crippen LogP contribution is 2.20. The van der Waals surface area contributed by atoms with Crippen LogP contribution in [0.25, 0.3) is 22.5 Å². The van der Waals surface area contributed by atoms with Crippen LogP contribution in [0.4, 0.5) is 0 Å². The summed E-state index contributed by atoms with van der Waals surface area (Å²) in [7, 11) is 0. The Kier molecular flexibility index (Phi) is 12.7. The molecule has 1 N–H and O–H groups in total. The van der Waals surface area contributed by atoms with Crippen LogP contribution >= 0.6 is 0 Å². The van der Waals surface area contributed by atoms with E-state index in [4.69, 9.17) is 0 Å². The van der Waals surface area contributed by atoms with E-state index >= 15 is 0 Å². The van der Waals surface area contributed by atoms with Crippen LogP contribution in [0.1, 0.15) is 59.1 Å². The van der Waals surface area contributed by atoms with E-state index in [9.17, 15) is 9.90 Å². The molecular formula is C47H46N2O2. The molecule has 0 aliphatic heterocycles. The first-order valence-electron chi connectivity index (χ1n) is 18.2. The molecule has 0 bridgehead atoms. The van der Waals surface area contributed by atoms with Crippen molar-refractivity contribution in [3.05, 3.63) is 191 Å². The molecule has 2 heterocycles. The van der Waals surface area contributed by atoms with Crippen LogP contribution in [0, 0.1) is 0 Å². The molecule has 0 spiro atoms. The van der Waals surface area contributed by atoms with Gasteiger partial charge in [-0.15, -0.1) is 0 Å². The van der Waals surface area contributed by atoms with Crippen LogP contribution in [0.15, 0.2) is 158 Å². The normalized spacial score (nSPS) is 11.4. The fraction of sp³-hybridized carbons (Fsp3) is 0.213. The summed E-state index contributed by atoms with van der Waals surface area (Å²) in [5, 5.41) is 10.4. The fourth-order valence-corrected chi connectivity index (χ4v) is 6.39. The number of carbonyl (C=O) groups is 1. The van der Waals surface area contributed by atoms with Crippen LogP contribution in [-0.2, 0) is 43.3 Å². The Morgan fingerprint density at radius 1 is 0.471 bits per heavy atom. The number of ketones is 1. The first-order chi connectivity index (χ1) is 25.1.